The van der Waals surface area contributed by atoms with Gasteiger partial charge in [0.25, 0.3) is 0 Å². The van der Waals surface area contributed by atoms with Crippen molar-refractivity contribution in [2.24, 2.45) is 29.1 Å². The molecule has 3 saturated heterocycles. The molecule has 2 aromatic rings. The number of hydrogen-bond acceptors (Lipinski definition) is 12. The van der Waals surface area contributed by atoms with E-state index in [2.05, 4.69) is 52.9 Å². The van der Waals surface area contributed by atoms with Crippen molar-refractivity contribution < 1.29 is 43.2 Å². The fraction of sp³-hybridized carbons (Fsp3) is 0.608. The minimum Gasteiger partial charge on any atom is -0.468 e. The number of fused-ring (bicyclic) bond motifs is 6. The van der Waals surface area contributed by atoms with Gasteiger partial charge in [-0.3, -0.25) is 24.2 Å². The molecule has 1 aromatic heterocycles. The summed E-state index contributed by atoms with van der Waals surface area (Å²) in [6.07, 6.45) is 13.3. The van der Waals surface area contributed by atoms with Gasteiger partial charge in [-0.25, -0.2) is 4.79 Å². The second-order valence-corrected chi connectivity index (χ2v) is 19.6. The normalized spacial score (nSPS) is 36.4. The molecular formula is C51H66N4O9. The molecule has 2 bridgehead atoms. The van der Waals surface area contributed by atoms with Crippen LogP contribution in [0.1, 0.15) is 89.5 Å². The number of aliphatic hydroxyl groups is 1. The van der Waals surface area contributed by atoms with Gasteiger partial charge in [0.2, 0.25) is 5.60 Å². The molecule has 4 unspecified atom stereocenters. The maximum atomic E-state index is 15.5. The van der Waals surface area contributed by atoms with Gasteiger partial charge in [-0.1, -0.05) is 57.1 Å². The van der Waals surface area contributed by atoms with E-state index >= 15 is 4.79 Å². The predicted octanol–water partition coefficient (Wildman–Crippen LogP) is 5.86. The highest BCUT2D eigenvalue weighted by Gasteiger charge is 2.79. The van der Waals surface area contributed by atoms with Crippen molar-refractivity contribution in [2.75, 3.05) is 54.6 Å². The Morgan fingerprint density at radius 1 is 1.00 bits per heavy atom. The number of aromatic nitrogens is 1. The summed E-state index contributed by atoms with van der Waals surface area (Å²) in [6.45, 7) is 11.4. The monoisotopic (exact) mass is 878 g/mol. The third kappa shape index (κ3) is 6.45. The smallest absolute Gasteiger partial charge is 0.344 e. The fourth-order valence-corrected chi connectivity index (χ4v) is 14.2. The van der Waals surface area contributed by atoms with Gasteiger partial charge < -0.3 is 33.9 Å². The molecule has 0 radical (unpaired) electrons. The van der Waals surface area contributed by atoms with Gasteiger partial charge in [-0.05, 0) is 98.0 Å². The molecule has 9 rings (SSSR count). The second-order valence-electron chi connectivity index (χ2n) is 19.6. The molecule has 4 fully saturated rings. The highest BCUT2D eigenvalue weighted by molar-refractivity contribution is 5.96. The van der Waals surface area contributed by atoms with Gasteiger partial charge in [0.05, 0.1) is 26.4 Å². The number of aromatic amines is 1. The Hall–Kier alpha value is -4.56. The lowest BCUT2D eigenvalue weighted by atomic mass is 9.50. The predicted molar refractivity (Wildman–Crippen MR) is 242 cm³/mol. The summed E-state index contributed by atoms with van der Waals surface area (Å²) in [4.78, 5) is 66.3. The average molecular weight is 879 g/mol. The average Bonchev–Trinajstić information content (AvgIpc) is 3.93. The number of likely N-dealkylation sites (tertiary alicyclic amines) is 1. The standard InChI is InChI=1S/C51H66N4O9/c1-9-12-34(57)15-13-31-14-16-39-35(22-31)36-28-54-26-30(10-2)21-32(27-54)25-50(43(36)52-39,47(58)62-7)38-23-37-40(24-41(38)61-6)53(5)46-49(37)18-20-55-19-17-33(11-3)42(44(49)55)45(64-29(4)56)51(46,60)48(59)63-8/h13-16,21-24,32-33,38,41-42,44-46,52,60H,9-12,17-20,25-28H2,1-8H3/b15-13+/t32-,33+,38?,41?,42?,44+,45-,46-,49-,50+,51-/m1/s1. The van der Waals surface area contributed by atoms with Crippen molar-refractivity contribution in [2.45, 2.75) is 114 Å². The number of methoxy groups -OCH3 is 3. The highest BCUT2D eigenvalue weighted by Crippen LogP contribution is 2.68. The number of carbonyl (C=O) groups excluding carboxylic acids is 4. The first kappa shape index (κ1) is 44.6. The zero-order valence-corrected chi connectivity index (χ0v) is 38.8. The quantitative estimate of drug-likeness (QED) is 0.121. The number of carbonyl (C=O) groups is 4. The van der Waals surface area contributed by atoms with E-state index in [0.29, 0.717) is 25.8 Å². The van der Waals surface area contributed by atoms with Gasteiger partial charge in [0.1, 0.15) is 11.5 Å². The van der Waals surface area contributed by atoms with E-state index in [4.69, 9.17) is 18.9 Å². The minimum atomic E-state index is -2.22. The molecule has 12 atom stereocenters. The third-order valence-electron chi connectivity index (χ3n) is 16.6. The topological polar surface area (TPSA) is 151 Å². The van der Waals surface area contributed by atoms with Crippen LogP contribution in [0.15, 0.2) is 59.3 Å². The number of piperidine rings is 1. The van der Waals surface area contributed by atoms with Crippen molar-refractivity contribution in [1.82, 2.24) is 19.7 Å². The Bertz CT molecular complexity index is 2360. The maximum Gasteiger partial charge on any atom is 0.344 e. The lowest BCUT2D eigenvalue weighted by molar-refractivity contribution is -0.238. The Morgan fingerprint density at radius 2 is 1.78 bits per heavy atom. The molecule has 2 N–H and O–H groups in total. The third-order valence-corrected chi connectivity index (χ3v) is 16.6. The van der Waals surface area contributed by atoms with E-state index in [1.807, 2.05) is 37.1 Å². The van der Waals surface area contributed by atoms with Crippen LogP contribution in [0.2, 0.25) is 0 Å². The molecule has 7 aliphatic rings. The first-order chi connectivity index (χ1) is 30.7. The number of likely N-dealkylation sites (N-methyl/N-ethyl adjacent to an activating group) is 1. The molecule has 0 amide bonds. The summed E-state index contributed by atoms with van der Waals surface area (Å²) in [6, 6.07) is 5.13. The van der Waals surface area contributed by atoms with Crippen LogP contribution in [0.3, 0.4) is 0 Å². The molecule has 64 heavy (non-hydrogen) atoms. The first-order valence-corrected chi connectivity index (χ1v) is 23.5. The number of ketones is 1. The number of H-pyrrole nitrogens is 1. The molecule has 13 nitrogen and oxygen atoms in total. The molecule has 1 saturated carbocycles. The largest absolute Gasteiger partial charge is 0.468 e. The van der Waals surface area contributed by atoms with Gasteiger partial charge in [0.15, 0.2) is 5.78 Å². The van der Waals surface area contributed by atoms with Crippen LogP contribution in [-0.4, -0.2) is 133 Å². The van der Waals surface area contributed by atoms with Crippen LogP contribution >= 0.6 is 0 Å². The number of ether oxygens (including phenoxy) is 4. The van der Waals surface area contributed by atoms with Crippen molar-refractivity contribution in [3.63, 3.8) is 0 Å². The Balaban J connectivity index is 1.30. The molecule has 344 valence electrons. The zero-order chi connectivity index (χ0) is 45.5. The van der Waals surface area contributed by atoms with E-state index in [0.717, 1.165) is 90.9 Å². The van der Waals surface area contributed by atoms with Gasteiger partial charge in [-0.2, -0.15) is 0 Å². The van der Waals surface area contributed by atoms with E-state index in [-0.39, 0.29) is 35.5 Å². The fourth-order valence-electron chi connectivity index (χ4n) is 14.2. The number of esters is 3. The van der Waals surface area contributed by atoms with E-state index in [1.54, 1.807) is 13.2 Å². The van der Waals surface area contributed by atoms with Crippen LogP contribution < -0.4 is 0 Å². The second kappa shape index (κ2) is 16.7. The molecule has 2 aliphatic carbocycles. The van der Waals surface area contributed by atoms with Crippen molar-refractivity contribution in [3.8, 4) is 0 Å². The molecule has 6 heterocycles. The van der Waals surface area contributed by atoms with E-state index in [1.165, 1.54) is 26.7 Å². The molecule has 1 spiro atoms. The van der Waals surface area contributed by atoms with E-state index < -0.39 is 52.5 Å². The van der Waals surface area contributed by atoms with E-state index in [9.17, 15) is 19.5 Å². The first-order valence-electron chi connectivity index (χ1n) is 23.5. The van der Waals surface area contributed by atoms with Gasteiger partial charge in [0, 0.05) is 92.7 Å². The Labute approximate surface area is 376 Å². The SMILES string of the molecule is CCCC(=O)/C=C/c1ccc2[nH]c3c(c2c1)CN1CC(CC)=C[C@@H](C1)C[C@]3(C(=O)OC)C1C=C2C(=CC1OC)N(C)[C@H]1[C@@](O)(C(=O)OC)[C@H](OC(C)=O)C3[C@@H](CC)CCN4CC[C@]21[C@H]34. The van der Waals surface area contributed by atoms with Crippen LogP contribution in [0, 0.1) is 29.1 Å². The summed E-state index contributed by atoms with van der Waals surface area (Å²) >= 11 is 0. The van der Waals surface area contributed by atoms with Gasteiger partial charge in [-0.15, -0.1) is 0 Å². The lowest BCUT2D eigenvalue weighted by Crippen LogP contribution is -2.77. The Morgan fingerprint density at radius 3 is 2.47 bits per heavy atom. The van der Waals surface area contributed by atoms with Crippen LogP contribution in [0.4, 0.5) is 0 Å². The summed E-state index contributed by atoms with van der Waals surface area (Å²) < 4.78 is 24.2. The summed E-state index contributed by atoms with van der Waals surface area (Å²) in [5, 5.41) is 14.3. The number of nitrogens with zero attached hydrogens (tertiary/aromatic N) is 3. The highest BCUT2D eigenvalue weighted by atomic mass is 16.6. The molecule has 5 aliphatic heterocycles. The number of nitrogens with one attached hydrogen (secondary N) is 1. The summed E-state index contributed by atoms with van der Waals surface area (Å²) in [5.74, 6) is -2.57. The Kier molecular flexibility index (Phi) is 11.6. The number of rotatable bonds is 11. The number of allylic oxidation sites excluding steroid dienone is 2. The lowest BCUT2D eigenvalue weighted by Gasteiger charge is -2.61. The van der Waals surface area contributed by atoms with Crippen LogP contribution in [0.25, 0.3) is 17.0 Å². The molecule has 13 heteroatoms. The minimum absolute atomic E-state index is 0.0162. The number of hydrogen-bond donors (Lipinski definition) is 2. The molecular weight excluding hydrogens is 813 g/mol. The maximum absolute atomic E-state index is 15.5. The van der Waals surface area contributed by atoms with Crippen LogP contribution in [0.5, 0.6) is 0 Å². The van der Waals surface area contributed by atoms with Crippen LogP contribution in [-0.2, 0) is 50.1 Å². The van der Waals surface area contributed by atoms with Crippen molar-refractivity contribution >= 4 is 40.7 Å². The molecule has 1 aromatic carbocycles. The summed E-state index contributed by atoms with van der Waals surface area (Å²) in [7, 11) is 6.33. The van der Waals surface area contributed by atoms with Gasteiger partial charge >= 0.3 is 17.9 Å². The van der Waals surface area contributed by atoms with Crippen molar-refractivity contribution in [1.29, 1.82) is 0 Å². The summed E-state index contributed by atoms with van der Waals surface area (Å²) in [5.41, 5.74) is 2.40. The zero-order valence-electron chi connectivity index (χ0n) is 38.8. The number of benzene rings is 1. The van der Waals surface area contributed by atoms with Crippen molar-refractivity contribution in [3.05, 3.63) is 76.2 Å².